The number of anilines is 1. The van der Waals surface area contributed by atoms with Gasteiger partial charge in [0, 0.05) is 41.9 Å². The van der Waals surface area contributed by atoms with Gasteiger partial charge in [0.05, 0.1) is 17.0 Å². The highest BCUT2D eigenvalue weighted by molar-refractivity contribution is 7.17. The zero-order valence-electron chi connectivity index (χ0n) is 21.5. The van der Waals surface area contributed by atoms with Crippen LogP contribution >= 0.6 is 11.3 Å². The van der Waals surface area contributed by atoms with Crippen molar-refractivity contribution in [3.05, 3.63) is 28.5 Å². The first-order valence-corrected chi connectivity index (χ1v) is 12.5. The van der Waals surface area contributed by atoms with Crippen molar-refractivity contribution < 1.29 is 32.3 Å². The fourth-order valence-corrected chi connectivity index (χ4v) is 4.84. The maximum Gasteiger partial charge on any atom is 0.280 e. The number of carbonyl (C=O) groups is 2. The molecule has 0 spiro atoms. The molecule has 37 heavy (non-hydrogen) atoms. The lowest BCUT2D eigenvalue weighted by Gasteiger charge is -2.22. The number of halogens is 4. The summed E-state index contributed by atoms with van der Waals surface area (Å²) in [5.74, 6) is -4.56. The zero-order valence-corrected chi connectivity index (χ0v) is 22.3. The van der Waals surface area contributed by atoms with Crippen molar-refractivity contribution in [3.63, 3.8) is 0 Å². The van der Waals surface area contributed by atoms with E-state index in [1.54, 1.807) is 0 Å². The van der Waals surface area contributed by atoms with Crippen molar-refractivity contribution in [1.29, 1.82) is 0 Å². The number of nitrogens with zero attached hydrogens (tertiary/aromatic N) is 3. The number of thiazole rings is 1. The normalized spacial score (nSPS) is 17.8. The van der Waals surface area contributed by atoms with E-state index in [1.165, 1.54) is 20.8 Å². The zero-order chi connectivity index (χ0) is 27.9. The predicted molar refractivity (Wildman–Crippen MR) is 132 cm³/mol. The lowest BCUT2D eigenvalue weighted by atomic mass is 10.1. The molecular formula is C24H31F4N5O3S. The number of aromatic nitrogens is 2. The Kier molecular flexibility index (Phi) is 7.90. The van der Waals surface area contributed by atoms with Gasteiger partial charge in [-0.1, -0.05) is 0 Å². The SMILES string of the molecule is C[C@H]1CC(F)(F)CN1C(=O)c1nc(C(=O)NCC(C)(C)O)sc1-c1cnc(NC(C)(C)C)cc1C(F)F. The molecule has 3 heterocycles. The molecule has 2 aromatic heterocycles. The second-order valence-corrected chi connectivity index (χ2v) is 11.9. The smallest absolute Gasteiger partial charge is 0.280 e. The molecule has 2 aromatic rings. The Morgan fingerprint density at radius 3 is 2.43 bits per heavy atom. The van der Waals surface area contributed by atoms with Crippen molar-refractivity contribution >= 4 is 29.0 Å². The number of nitrogens with one attached hydrogen (secondary N) is 2. The molecule has 1 aliphatic heterocycles. The molecule has 0 radical (unpaired) electrons. The minimum absolute atomic E-state index is 0.0778. The number of carbonyl (C=O) groups excluding carboxylic acids is 2. The Balaban J connectivity index is 2.11. The highest BCUT2D eigenvalue weighted by atomic mass is 32.1. The monoisotopic (exact) mass is 545 g/mol. The van der Waals surface area contributed by atoms with Gasteiger partial charge < -0.3 is 20.6 Å². The Hall–Kier alpha value is -2.80. The number of likely N-dealkylation sites (tertiary alicyclic amines) is 1. The number of alkyl halides is 4. The number of hydrogen-bond acceptors (Lipinski definition) is 7. The summed E-state index contributed by atoms with van der Waals surface area (Å²) in [6.07, 6.45) is -2.36. The number of pyridine rings is 1. The predicted octanol–water partition coefficient (Wildman–Crippen LogP) is 4.72. The van der Waals surface area contributed by atoms with E-state index in [0.717, 1.165) is 17.2 Å². The first kappa shape index (κ1) is 28.8. The van der Waals surface area contributed by atoms with Gasteiger partial charge in [0.1, 0.15) is 11.5 Å². The molecule has 13 heteroatoms. The summed E-state index contributed by atoms with van der Waals surface area (Å²) < 4.78 is 56.4. The fourth-order valence-electron chi connectivity index (χ4n) is 3.83. The van der Waals surface area contributed by atoms with Gasteiger partial charge in [0.15, 0.2) is 5.01 Å². The molecule has 0 bridgehead atoms. The second kappa shape index (κ2) is 10.2. The molecule has 0 aliphatic carbocycles. The summed E-state index contributed by atoms with van der Waals surface area (Å²) in [4.78, 5) is 35.3. The third kappa shape index (κ3) is 7.16. The van der Waals surface area contributed by atoms with Crippen molar-refractivity contribution in [3.8, 4) is 10.4 Å². The van der Waals surface area contributed by atoms with Crippen LogP contribution in [0.3, 0.4) is 0 Å². The Morgan fingerprint density at radius 1 is 1.27 bits per heavy atom. The molecule has 3 N–H and O–H groups in total. The maximum absolute atomic E-state index is 14.2. The molecular weight excluding hydrogens is 514 g/mol. The molecule has 204 valence electrons. The van der Waals surface area contributed by atoms with E-state index in [1.807, 2.05) is 20.8 Å². The van der Waals surface area contributed by atoms with Gasteiger partial charge in [-0.2, -0.15) is 0 Å². The largest absolute Gasteiger partial charge is 0.389 e. The number of hydrogen-bond donors (Lipinski definition) is 3. The molecule has 0 saturated carbocycles. The van der Waals surface area contributed by atoms with Crippen LogP contribution in [0.4, 0.5) is 23.4 Å². The third-order valence-corrected chi connectivity index (χ3v) is 6.50. The van der Waals surface area contributed by atoms with Crippen molar-refractivity contribution in [2.45, 2.75) is 77.5 Å². The fraction of sp³-hybridized carbons (Fsp3) is 0.583. The van der Waals surface area contributed by atoms with Crippen molar-refractivity contribution in [2.75, 3.05) is 18.4 Å². The molecule has 1 saturated heterocycles. The highest BCUT2D eigenvalue weighted by Gasteiger charge is 2.46. The van der Waals surface area contributed by atoms with Crippen LogP contribution in [-0.4, -0.2) is 68.0 Å². The first-order chi connectivity index (χ1) is 16.9. The van der Waals surface area contributed by atoms with E-state index < -0.39 is 59.9 Å². The van der Waals surface area contributed by atoms with Crippen LogP contribution in [-0.2, 0) is 0 Å². The topological polar surface area (TPSA) is 107 Å². The summed E-state index contributed by atoms with van der Waals surface area (Å²) in [5.41, 5.74) is -2.68. The van der Waals surface area contributed by atoms with Crippen LogP contribution in [0.1, 0.15) is 80.2 Å². The summed E-state index contributed by atoms with van der Waals surface area (Å²) in [5, 5.41) is 15.1. The average Bonchev–Trinajstić information content (AvgIpc) is 3.30. The Bertz CT molecular complexity index is 1170. The molecule has 1 fully saturated rings. The maximum atomic E-state index is 14.2. The van der Waals surface area contributed by atoms with Crippen LogP contribution in [0, 0.1) is 0 Å². The molecule has 0 unspecified atom stereocenters. The quantitative estimate of drug-likeness (QED) is 0.435. The van der Waals surface area contributed by atoms with Gasteiger partial charge in [0.2, 0.25) is 0 Å². The van der Waals surface area contributed by atoms with Crippen molar-refractivity contribution in [1.82, 2.24) is 20.2 Å². The molecule has 2 amide bonds. The van der Waals surface area contributed by atoms with Crippen LogP contribution in [0.15, 0.2) is 12.3 Å². The van der Waals surface area contributed by atoms with Crippen LogP contribution in [0.25, 0.3) is 10.4 Å². The standard InChI is InChI=1S/C24H31F4N5O3S/c1-12-8-24(27,28)11-33(12)21(35)16-17(37-20(31-16)19(34)30-10-23(5,6)36)14-9-29-15(32-22(2,3)4)7-13(14)18(25)26/h7,9,12,18,36H,8,10-11H2,1-6H3,(H,29,32)(H,30,34)/t12-/m0/s1. The summed E-state index contributed by atoms with van der Waals surface area (Å²) >= 11 is 0.677. The Morgan fingerprint density at radius 2 is 1.92 bits per heavy atom. The molecule has 1 atom stereocenters. The first-order valence-electron chi connectivity index (χ1n) is 11.6. The number of amides is 2. The molecule has 3 rings (SSSR count). The van der Waals surface area contributed by atoms with Crippen LogP contribution in [0.5, 0.6) is 0 Å². The van der Waals surface area contributed by atoms with Gasteiger partial charge in [0.25, 0.3) is 24.2 Å². The van der Waals surface area contributed by atoms with Gasteiger partial charge in [-0.25, -0.2) is 27.5 Å². The van der Waals surface area contributed by atoms with E-state index in [9.17, 15) is 32.3 Å². The molecule has 1 aliphatic rings. The summed E-state index contributed by atoms with van der Waals surface area (Å²) in [6, 6.07) is 0.329. The second-order valence-electron chi connectivity index (χ2n) is 10.9. The molecule has 8 nitrogen and oxygen atoms in total. The minimum Gasteiger partial charge on any atom is -0.389 e. The van der Waals surface area contributed by atoms with Gasteiger partial charge in [-0.3, -0.25) is 9.59 Å². The number of aliphatic hydroxyl groups is 1. The minimum atomic E-state index is -3.10. The number of rotatable bonds is 7. The van der Waals surface area contributed by atoms with E-state index in [4.69, 9.17) is 0 Å². The van der Waals surface area contributed by atoms with Gasteiger partial charge >= 0.3 is 0 Å². The van der Waals surface area contributed by atoms with E-state index >= 15 is 0 Å². The molecule has 0 aromatic carbocycles. The van der Waals surface area contributed by atoms with E-state index in [0.29, 0.717) is 11.3 Å². The lowest BCUT2D eigenvalue weighted by Crippen LogP contribution is -2.38. The summed E-state index contributed by atoms with van der Waals surface area (Å²) in [7, 11) is 0. The third-order valence-electron chi connectivity index (χ3n) is 5.41. The average molecular weight is 546 g/mol. The van der Waals surface area contributed by atoms with Gasteiger partial charge in [-0.15, -0.1) is 11.3 Å². The van der Waals surface area contributed by atoms with Crippen molar-refractivity contribution in [2.24, 2.45) is 0 Å². The van der Waals surface area contributed by atoms with Gasteiger partial charge in [-0.05, 0) is 47.6 Å². The lowest BCUT2D eigenvalue weighted by molar-refractivity contribution is 0.0118. The van der Waals surface area contributed by atoms with Crippen LogP contribution in [0.2, 0.25) is 0 Å². The highest BCUT2D eigenvalue weighted by Crippen LogP contribution is 2.40. The van der Waals surface area contributed by atoms with E-state index in [2.05, 4.69) is 20.6 Å². The van der Waals surface area contributed by atoms with Crippen LogP contribution < -0.4 is 10.6 Å². The summed E-state index contributed by atoms with van der Waals surface area (Å²) in [6.45, 7) is 8.90. The Labute approximate surface area is 216 Å². The van der Waals surface area contributed by atoms with E-state index in [-0.39, 0.29) is 33.5 Å².